The monoisotopic (exact) mass is 430 g/mol. The Bertz CT molecular complexity index is 1140. The number of hydrogen-bond donors (Lipinski definition) is 2. The minimum atomic E-state index is -1.14. The predicted molar refractivity (Wildman–Crippen MR) is 121 cm³/mol. The van der Waals surface area contributed by atoms with E-state index < -0.39 is 5.60 Å². The van der Waals surface area contributed by atoms with E-state index in [0.717, 1.165) is 27.9 Å². The normalized spacial score (nSPS) is 17.3. The summed E-state index contributed by atoms with van der Waals surface area (Å²) in [6.45, 7) is 3.90. The van der Waals surface area contributed by atoms with Gasteiger partial charge in [-0.3, -0.25) is 14.7 Å². The number of aryl methyl sites for hydroxylation is 1. The number of nitrogens with one attached hydrogen (secondary N) is 1. The van der Waals surface area contributed by atoms with Crippen molar-refractivity contribution in [3.8, 4) is 22.3 Å². The molecule has 7 heteroatoms. The fourth-order valence-corrected chi connectivity index (χ4v) is 4.21. The summed E-state index contributed by atoms with van der Waals surface area (Å²) in [4.78, 5) is 28.6. The number of aromatic amines is 1. The Morgan fingerprint density at radius 1 is 0.875 bits per heavy atom. The third kappa shape index (κ3) is 3.80. The summed E-state index contributed by atoms with van der Waals surface area (Å²) >= 11 is 0. The van der Waals surface area contributed by atoms with E-state index in [-0.39, 0.29) is 11.8 Å². The summed E-state index contributed by atoms with van der Waals surface area (Å²) in [5.74, 6) is -0.220. The van der Waals surface area contributed by atoms with Gasteiger partial charge in [-0.25, -0.2) is 0 Å². The van der Waals surface area contributed by atoms with Crippen molar-refractivity contribution in [3.63, 3.8) is 0 Å². The number of H-pyrrole nitrogens is 1. The molecule has 3 aromatic rings. The van der Waals surface area contributed by atoms with Crippen LogP contribution in [-0.2, 0) is 4.79 Å². The number of nitrogens with zero attached hydrogens (tertiary/aromatic N) is 3. The quantitative estimate of drug-likeness (QED) is 0.666. The van der Waals surface area contributed by atoms with Gasteiger partial charge in [0.1, 0.15) is 5.60 Å². The molecule has 2 fully saturated rings. The lowest BCUT2D eigenvalue weighted by molar-refractivity contribution is -0.143. The maximum atomic E-state index is 12.9. The van der Waals surface area contributed by atoms with Gasteiger partial charge < -0.3 is 14.9 Å². The number of benzene rings is 2. The lowest BCUT2D eigenvalue weighted by atomic mass is 10.00. The molecule has 2 N–H and O–H groups in total. The highest BCUT2D eigenvalue weighted by Crippen LogP contribution is 2.37. The van der Waals surface area contributed by atoms with Crippen LogP contribution in [0.3, 0.4) is 0 Å². The van der Waals surface area contributed by atoms with E-state index in [1.807, 2.05) is 37.4 Å². The van der Waals surface area contributed by atoms with Gasteiger partial charge in [0.15, 0.2) is 0 Å². The first-order chi connectivity index (χ1) is 15.4. The Labute approximate surface area is 186 Å². The highest BCUT2D eigenvalue weighted by atomic mass is 16.3. The van der Waals surface area contributed by atoms with Gasteiger partial charge in [-0.1, -0.05) is 36.4 Å². The zero-order valence-corrected chi connectivity index (χ0v) is 18.0. The van der Waals surface area contributed by atoms with Gasteiger partial charge in [0.05, 0.1) is 6.20 Å². The van der Waals surface area contributed by atoms with Crippen LogP contribution in [0.4, 0.5) is 0 Å². The fourth-order valence-electron chi connectivity index (χ4n) is 4.21. The molecule has 1 saturated heterocycles. The number of carbonyl (C=O) groups is 2. The molecular formula is C25H26N4O3. The van der Waals surface area contributed by atoms with Crippen LogP contribution in [0.15, 0.2) is 54.7 Å². The number of aromatic nitrogens is 2. The van der Waals surface area contributed by atoms with Crippen LogP contribution < -0.4 is 0 Å². The summed E-state index contributed by atoms with van der Waals surface area (Å²) in [7, 11) is 0. The second-order valence-electron chi connectivity index (χ2n) is 8.68. The number of hydrogen-bond acceptors (Lipinski definition) is 4. The number of carbonyl (C=O) groups excluding carboxylic acids is 2. The number of piperazine rings is 1. The molecule has 7 nitrogen and oxygen atoms in total. The highest BCUT2D eigenvalue weighted by molar-refractivity contribution is 5.95. The van der Waals surface area contributed by atoms with E-state index in [1.165, 1.54) is 0 Å². The van der Waals surface area contributed by atoms with Gasteiger partial charge in [0, 0.05) is 43.0 Å². The second-order valence-corrected chi connectivity index (χ2v) is 8.68. The molecular weight excluding hydrogens is 404 g/mol. The SMILES string of the molecule is Cc1[nH]ncc1-c1ccc(-c2ccc(C(=O)N3CCN(C(=O)C4(O)CC4)CC3)cc2)cc1. The van der Waals surface area contributed by atoms with Gasteiger partial charge in [0.2, 0.25) is 0 Å². The molecule has 1 aromatic heterocycles. The second kappa shape index (κ2) is 7.91. The molecule has 164 valence electrons. The minimum absolute atomic E-state index is 0.0282. The van der Waals surface area contributed by atoms with Crippen molar-refractivity contribution < 1.29 is 14.7 Å². The largest absolute Gasteiger partial charge is 0.380 e. The summed E-state index contributed by atoms with van der Waals surface area (Å²) in [5.41, 5.74) is 4.86. The third-order valence-electron chi connectivity index (χ3n) is 6.47. The predicted octanol–water partition coefficient (Wildman–Crippen LogP) is 2.86. The molecule has 0 spiro atoms. The number of amides is 2. The maximum absolute atomic E-state index is 12.9. The van der Waals surface area contributed by atoms with Gasteiger partial charge >= 0.3 is 0 Å². The zero-order valence-electron chi connectivity index (χ0n) is 18.0. The van der Waals surface area contributed by atoms with Crippen molar-refractivity contribution >= 4 is 11.8 Å². The lowest BCUT2D eigenvalue weighted by Crippen LogP contribution is -2.53. The smallest absolute Gasteiger partial charge is 0.254 e. The fraction of sp³-hybridized carbons (Fsp3) is 0.320. The molecule has 0 bridgehead atoms. The van der Waals surface area contributed by atoms with E-state index in [1.54, 1.807) is 9.80 Å². The average Bonchev–Trinajstić information content (AvgIpc) is 3.45. The number of rotatable bonds is 4. The van der Waals surface area contributed by atoms with Crippen molar-refractivity contribution in [2.45, 2.75) is 25.4 Å². The summed E-state index contributed by atoms with van der Waals surface area (Å²) in [6, 6.07) is 15.9. The van der Waals surface area contributed by atoms with Crippen LogP contribution in [0, 0.1) is 6.92 Å². The van der Waals surface area contributed by atoms with Gasteiger partial charge in [-0.05, 0) is 48.6 Å². The van der Waals surface area contributed by atoms with Crippen molar-refractivity contribution in [1.29, 1.82) is 0 Å². The van der Waals surface area contributed by atoms with Crippen LogP contribution in [0.2, 0.25) is 0 Å². The first-order valence-corrected chi connectivity index (χ1v) is 11.0. The Balaban J connectivity index is 1.22. The molecule has 2 aliphatic rings. The van der Waals surface area contributed by atoms with Crippen LogP contribution >= 0.6 is 0 Å². The first-order valence-electron chi connectivity index (χ1n) is 11.0. The van der Waals surface area contributed by atoms with Crippen LogP contribution in [0.1, 0.15) is 28.9 Å². The Hall–Kier alpha value is -3.45. The molecule has 1 aliphatic carbocycles. The van der Waals surface area contributed by atoms with Crippen molar-refractivity contribution in [2.75, 3.05) is 26.2 Å². The Morgan fingerprint density at radius 3 is 1.94 bits per heavy atom. The van der Waals surface area contributed by atoms with Crippen LogP contribution in [0.5, 0.6) is 0 Å². The van der Waals surface area contributed by atoms with Gasteiger partial charge in [0.25, 0.3) is 11.8 Å². The average molecular weight is 431 g/mol. The van der Waals surface area contributed by atoms with Crippen LogP contribution in [-0.4, -0.2) is 68.7 Å². The Kier molecular flexibility index (Phi) is 5.06. The summed E-state index contributed by atoms with van der Waals surface area (Å²) in [5, 5.41) is 17.1. The Morgan fingerprint density at radius 2 is 1.41 bits per heavy atom. The molecule has 1 aliphatic heterocycles. The van der Waals surface area contributed by atoms with E-state index in [9.17, 15) is 14.7 Å². The highest BCUT2D eigenvalue weighted by Gasteiger charge is 2.50. The van der Waals surface area contributed by atoms with Crippen LogP contribution in [0.25, 0.3) is 22.3 Å². The van der Waals surface area contributed by atoms with Gasteiger partial charge in [-0.15, -0.1) is 0 Å². The van der Waals surface area contributed by atoms with E-state index >= 15 is 0 Å². The molecule has 0 radical (unpaired) electrons. The van der Waals surface area contributed by atoms with E-state index in [4.69, 9.17) is 0 Å². The topological polar surface area (TPSA) is 89.5 Å². The minimum Gasteiger partial charge on any atom is -0.380 e. The molecule has 0 unspecified atom stereocenters. The maximum Gasteiger partial charge on any atom is 0.254 e. The van der Waals surface area contributed by atoms with E-state index in [2.05, 4.69) is 34.5 Å². The lowest BCUT2D eigenvalue weighted by Gasteiger charge is -2.35. The molecule has 5 rings (SSSR count). The van der Waals surface area contributed by atoms with Crippen molar-refractivity contribution in [1.82, 2.24) is 20.0 Å². The molecule has 32 heavy (non-hydrogen) atoms. The standard InChI is InChI=1S/C25H26N4O3/c1-17-22(16-26-27-17)20-6-2-18(3-7-20)19-4-8-21(9-5-19)23(30)28-12-14-29(15-13-28)24(31)25(32)10-11-25/h2-9,16,32H,10-15H2,1H3,(H,26,27). The molecule has 0 atom stereocenters. The number of aliphatic hydroxyl groups is 1. The zero-order chi connectivity index (χ0) is 22.3. The van der Waals surface area contributed by atoms with E-state index in [0.29, 0.717) is 44.6 Å². The van der Waals surface area contributed by atoms with Crippen molar-refractivity contribution in [3.05, 3.63) is 66.0 Å². The molecule has 2 amide bonds. The first kappa shape index (κ1) is 20.5. The van der Waals surface area contributed by atoms with Crippen molar-refractivity contribution in [2.24, 2.45) is 0 Å². The molecule has 1 saturated carbocycles. The molecule has 2 aromatic carbocycles. The van der Waals surface area contributed by atoms with Gasteiger partial charge in [-0.2, -0.15) is 5.10 Å². The molecule has 2 heterocycles. The summed E-state index contributed by atoms with van der Waals surface area (Å²) < 4.78 is 0. The third-order valence-corrected chi connectivity index (χ3v) is 6.47. The summed E-state index contributed by atoms with van der Waals surface area (Å²) in [6.07, 6.45) is 2.92.